The van der Waals surface area contributed by atoms with Gasteiger partial charge in [-0.05, 0) is 18.1 Å². The second kappa shape index (κ2) is 9.84. The Hall–Kier alpha value is -1.94. The van der Waals surface area contributed by atoms with Gasteiger partial charge in [-0.1, -0.05) is 67.6 Å². The molecule has 2 rings (SSSR count). The zero-order valence-corrected chi connectivity index (χ0v) is 17.2. The van der Waals surface area contributed by atoms with E-state index in [9.17, 15) is 9.36 Å². The highest BCUT2D eigenvalue weighted by atomic mass is 31.2. The first-order valence-corrected chi connectivity index (χ1v) is 10.9. The van der Waals surface area contributed by atoms with Crippen molar-refractivity contribution in [1.29, 1.82) is 0 Å². The highest BCUT2D eigenvalue weighted by molar-refractivity contribution is 7.59. The van der Waals surface area contributed by atoms with Crippen LogP contribution in [-0.2, 0) is 18.6 Å². The van der Waals surface area contributed by atoms with Crippen LogP contribution in [0.1, 0.15) is 31.0 Å². The maximum absolute atomic E-state index is 13.4. The quantitative estimate of drug-likeness (QED) is 0.507. The Morgan fingerprint density at radius 3 is 1.85 bits per heavy atom. The number of hydrogen-bond acceptors (Lipinski definition) is 5. The molecule has 3 atom stereocenters. The summed E-state index contributed by atoms with van der Waals surface area (Å²) < 4.78 is 23.6. The van der Waals surface area contributed by atoms with Gasteiger partial charge in [0.1, 0.15) is 0 Å². The van der Waals surface area contributed by atoms with Gasteiger partial charge >= 0.3 is 5.97 Å². The Labute approximate surface area is 161 Å². The van der Waals surface area contributed by atoms with Gasteiger partial charge in [0.2, 0.25) is 7.37 Å². The van der Waals surface area contributed by atoms with Gasteiger partial charge in [0.15, 0.2) is 0 Å². The molecule has 0 radical (unpaired) electrons. The van der Waals surface area contributed by atoms with Gasteiger partial charge in [-0.15, -0.1) is 0 Å². The van der Waals surface area contributed by atoms with Crippen molar-refractivity contribution in [1.82, 2.24) is 5.32 Å². The molecule has 0 aromatic heterocycles. The number of hydrogen-bond donors (Lipinski definition) is 1. The molecule has 0 aliphatic carbocycles. The molecule has 6 heteroatoms. The van der Waals surface area contributed by atoms with Gasteiger partial charge in [-0.2, -0.15) is 0 Å². The molecule has 0 saturated heterocycles. The molecular weight excluding hydrogens is 361 g/mol. The van der Waals surface area contributed by atoms with Crippen molar-refractivity contribution in [2.24, 2.45) is 5.92 Å². The SMILES string of the molecule is COC(=O)C(C)CP(=O)(OC)C(C)NC(c1ccccc1)c1ccccc1. The molecule has 1 N–H and O–H groups in total. The minimum absolute atomic E-state index is 0.126. The topological polar surface area (TPSA) is 64.6 Å². The fourth-order valence-corrected chi connectivity index (χ4v) is 5.15. The van der Waals surface area contributed by atoms with E-state index in [2.05, 4.69) is 5.32 Å². The van der Waals surface area contributed by atoms with Crippen molar-refractivity contribution in [3.63, 3.8) is 0 Å². The maximum Gasteiger partial charge on any atom is 0.308 e. The number of carbonyl (C=O) groups excluding carboxylic acids is 1. The lowest BCUT2D eigenvalue weighted by Crippen LogP contribution is -2.33. The Kier molecular flexibility index (Phi) is 7.78. The summed E-state index contributed by atoms with van der Waals surface area (Å²) in [6.45, 7) is 3.54. The molecule has 2 aromatic rings. The summed E-state index contributed by atoms with van der Waals surface area (Å²) in [5, 5.41) is 3.46. The first-order chi connectivity index (χ1) is 12.9. The average Bonchev–Trinajstić information content (AvgIpc) is 2.72. The van der Waals surface area contributed by atoms with Crippen LogP contribution in [0.3, 0.4) is 0 Å². The maximum atomic E-state index is 13.4. The van der Waals surface area contributed by atoms with E-state index in [0.717, 1.165) is 11.1 Å². The summed E-state index contributed by atoms with van der Waals surface area (Å²) in [5.41, 5.74) is 2.14. The van der Waals surface area contributed by atoms with Gasteiger partial charge < -0.3 is 9.26 Å². The number of carbonyl (C=O) groups is 1. The molecule has 5 nitrogen and oxygen atoms in total. The zero-order valence-electron chi connectivity index (χ0n) is 16.3. The predicted octanol–water partition coefficient (Wildman–Crippen LogP) is 4.45. The molecule has 0 amide bonds. The van der Waals surface area contributed by atoms with E-state index in [1.807, 2.05) is 67.6 Å². The Morgan fingerprint density at radius 2 is 1.44 bits per heavy atom. The highest BCUT2D eigenvalue weighted by Gasteiger charge is 2.35. The summed E-state index contributed by atoms with van der Waals surface area (Å²) in [4.78, 5) is 11.8. The summed E-state index contributed by atoms with van der Waals surface area (Å²) in [5.74, 6) is -1.33. The number of nitrogens with one attached hydrogen (secondary N) is 1. The molecule has 0 spiro atoms. The van der Waals surface area contributed by atoms with E-state index < -0.39 is 19.1 Å². The number of benzene rings is 2. The third-order valence-electron chi connectivity index (χ3n) is 4.70. The third kappa shape index (κ3) is 5.52. The van der Waals surface area contributed by atoms with Crippen LogP contribution in [-0.4, -0.2) is 32.1 Å². The molecular formula is C21H28NO4P. The fourth-order valence-electron chi connectivity index (χ4n) is 3.08. The summed E-state index contributed by atoms with van der Waals surface area (Å²) in [7, 11) is -0.355. The minimum atomic E-state index is -3.12. The molecule has 146 valence electrons. The van der Waals surface area contributed by atoms with Crippen molar-refractivity contribution < 1.29 is 18.6 Å². The first-order valence-electron chi connectivity index (χ1n) is 8.99. The van der Waals surface area contributed by atoms with Crippen molar-refractivity contribution in [3.8, 4) is 0 Å². The van der Waals surface area contributed by atoms with E-state index in [0.29, 0.717) is 0 Å². The Bertz CT molecular complexity index is 727. The average molecular weight is 389 g/mol. The monoisotopic (exact) mass is 389 g/mol. The molecule has 0 aliphatic heterocycles. The Balaban J connectivity index is 2.27. The van der Waals surface area contributed by atoms with Crippen molar-refractivity contribution in [2.75, 3.05) is 20.4 Å². The fraction of sp³-hybridized carbons (Fsp3) is 0.381. The first kappa shape index (κ1) is 21.4. The van der Waals surface area contributed by atoms with Crippen LogP contribution in [0.5, 0.6) is 0 Å². The second-order valence-corrected chi connectivity index (χ2v) is 9.57. The molecule has 27 heavy (non-hydrogen) atoms. The highest BCUT2D eigenvalue weighted by Crippen LogP contribution is 2.52. The van der Waals surface area contributed by atoms with Crippen molar-refractivity contribution in [2.45, 2.75) is 25.7 Å². The molecule has 0 heterocycles. The molecule has 0 fully saturated rings. The third-order valence-corrected chi connectivity index (χ3v) is 7.71. The normalized spacial score (nSPS) is 15.7. The minimum Gasteiger partial charge on any atom is -0.469 e. The lowest BCUT2D eigenvalue weighted by Gasteiger charge is -2.30. The van der Waals surface area contributed by atoms with Crippen LogP contribution in [0.25, 0.3) is 0 Å². The molecule has 3 unspecified atom stereocenters. The predicted molar refractivity (Wildman–Crippen MR) is 108 cm³/mol. The van der Waals surface area contributed by atoms with Crippen LogP contribution >= 0.6 is 7.37 Å². The standard InChI is InChI=1S/C21H28NO4P/c1-16(21(23)25-3)15-27(24,26-4)17(2)22-20(18-11-7-5-8-12-18)19-13-9-6-10-14-19/h5-14,16-17,20,22H,15H2,1-4H3. The van der Waals surface area contributed by atoms with E-state index in [-0.39, 0.29) is 18.2 Å². The summed E-state index contributed by atoms with van der Waals surface area (Å²) in [6, 6.07) is 19.8. The summed E-state index contributed by atoms with van der Waals surface area (Å²) in [6.07, 6.45) is 0.126. The van der Waals surface area contributed by atoms with E-state index in [4.69, 9.17) is 9.26 Å². The van der Waals surface area contributed by atoms with Gasteiger partial charge in [0.05, 0.1) is 24.9 Å². The number of methoxy groups -OCH3 is 1. The molecule has 0 saturated carbocycles. The van der Waals surface area contributed by atoms with Crippen LogP contribution in [0.15, 0.2) is 60.7 Å². The van der Waals surface area contributed by atoms with Crippen LogP contribution in [0.4, 0.5) is 0 Å². The van der Waals surface area contributed by atoms with Crippen LogP contribution in [0, 0.1) is 5.92 Å². The van der Waals surface area contributed by atoms with E-state index >= 15 is 0 Å². The van der Waals surface area contributed by atoms with Crippen molar-refractivity contribution in [3.05, 3.63) is 71.8 Å². The van der Waals surface area contributed by atoms with Gasteiger partial charge in [0.25, 0.3) is 0 Å². The lowest BCUT2D eigenvalue weighted by atomic mass is 9.99. The zero-order chi connectivity index (χ0) is 19.9. The molecule has 0 aliphatic rings. The number of esters is 1. The van der Waals surface area contributed by atoms with E-state index in [1.54, 1.807) is 6.92 Å². The summed E-state index contributed by atoms with van der Waals surface area (Å²) >= 11 is 0. The van der Waals surface area contributed by atoms with Crippen molar-refractivity contribution >= 4 is 13.3 Å². The van der Waals surface area contributed by atoms with E-state index in [1.165, 1.54) is 14.2 Å². The molecule has 0 bridgehead atoms. The number of ether oxygens (including phenoxy) is 1. The number of rotatable bonds is 9. The second-order valence-electron chi connectivity index (χ2n) is 6.61. The lowest BCUT2D eigenvalue weighted by molar-refractivity contribution is -0.144. The van der Waals surface area contributed by atoms with Crippen LogP contribution < -0.4 is 5.32 Å². The smallest absolute Gasteiger partial charge is 0.308 e. The van der Waals surface area contributed by atoms with Gasteiger partial charge in [-0.3, -0.25) is 14.7 Å². The Morgan fingerprint density at radius 1 is 0.963 bits per heavy atom. The van der Waals surface area contributed by atoms with Gasteiger partial charge in [-0.25, -0.2) is 0 Å². The molecule has 2 aromatic carbocycles. The van der Waals surface area contributed by atoms with Gasteiger partial charge in [0, 0.05) is 13.3 Å². The largest absolute Gasteiger partial charge is 0.469 e. The van der Waals surface area contributed by atoms with Crippen LogP contribution in [0.2, 0.25) is 0 Å².